The molecule has 0 aromatic carbocycles. The van der Waals surface area contributed by atoms with Crippen molar-refractivity contribution in [3.8, 4) is 0 Å². The predicted octanol–water partition coefficient (Wildman–Crippen LogP) is -0.333. The van der Waals surface area contributed by atoms with Gasteiger partial charge in [-0.3, -0.25) is 4.79 Å². The first-order valence-electron chi connectivity index (χ1n) is 5.80. The minimum absolute atomic E-state index is 0.0604. The molecule has 3 N–H and O–H groups in total. The number of nitrogens with zero attached hydrogens (tertiary/aromatic N) is 2. The lowest BCUT2D eigenvalue weighted by Crippen LogP contribution is -2.41. The highest BCUT2D eigenvalue weighted by Gasteiger charge is 2.07. The first kappa shape index (κ1) is 15.4. The highest BCUT2D eigenvalue weighted by molar-refractivity contribution is 5.85. The number of hydrogen-bond donors (Lipinski definition) is 3. The zero-order valence-electron chi connectivity index (χ0n) is 11.2. The van der Waals surface area contributed by atoms with Gasteiger partial charge in [0.2, 0.25) is 5.91 Å². The minimum atomic E-state index is -1.11. The Morgan fingerprint density at radius 3 is 2.45 bits per heavy atom. The second kappa shape index (κ2) is 7.07. The number of aromatic carboxylic acids is 1. The molecule has 20 heavy (non-hydrogen) atoms. The summed E-state index contributed by atoms with van der Waals surface area (Å²) in [5, 5.41) is 13.6. The maximum atomic E-state index is 11.4. The molecule has 1 aromatic rings. The van der Waals surface area contributed by atoms with Crippen LogP contribution in [-0.2, 0) is 11.3 Å². The Labute approximate surface area is 115 Å². The van der Waals surface area contributed by atoms with Gasteiger partial charge in [0.25, 0.3) is 0 Å². The quantitative estimate of drug-likeness (QED) is 0.683. The summed E-state index contributed by atoms with van der Waals surface area (Å²) in [6.45, 7) is 0.101. The summed E-state index contributed by atoms with van der Waals surface area (Å²) in [6.07, 6.45) is 1.37. The van der Waals surface area contributed by atoms with Gasteiger partial charge >= 0.3 is 12.0 Å². The molecule has 108 valence electrons. The van der Waals surface area contributed by atoms with Crippen molar-refractivity contribution in [1.29, 1.82) is 0 Å². The maximum absolute atomic E-state index is 11.4. The lowest BCUT2D eigenvalue weighted by molar-refractivity contribution is -0.127. The molecule has 8 nitrogen and oxygen atoms in total. The summed E-state index contributed by atoms with van der Waals surface area (Å²) in [4.78, 5) is 38.3. The summed E-state index contributed by atoms with van der Waals surface area (Å²) >= 11 is 0. The molecule has 0 fully saturated rings. The monoisotopic (exact) mass is 280 g/mol. The summed E-state index contributed by atoms with van der Waals surface area (Å²) in [5.41, 5.74) is 0.596. The SMILES string of the molecule is CN(C)C(=O)CNC(=O)NCc1ccc(C(=O)O)nc1. The Kier molecular flexibility index (Phi) is 5.45. The molecule has 0 aliphatic rings. The van der Waals surface area contributed by atoms with E-state index in [2.05, 4.69) is 15.6 Å². The average Bonchev–Trinajstić information content (AvgIpc) is 2.42. The highest BCUT2D eigenvalue weighted by Crippen LogP contribution is 1.99. The van der Waals surface area contributed by atoms with Gasteiger partial charge in [0.05, 0.1) is 6.54 Å². The van der Waals surface area contributed by atoms with Gasteiger partial charge in [-0.25, -0.2) is 14.6 Å². The maximum Gasteiger partial charge on any atom is 0.354 e. The first-order chi connectivity index (χ1) is 9.40. The Balaban J connectivity index is 2.37. The van der Waals surface area contributed by atoms with E-state index in [9.17, 15) is 14.4 Å². The molecule has 8 heteroatoms. The molecule has 0 aliphatic carbocycles. The first-order valence-corrected chi connectivity index (χ1v) is 5.80. The smallest absolute Gasteiger partial charge is 0.354 e. The van der Waals surface area contributed by atoms with E-state index in [0.29, 0.717) is 5.56 Å². The lowest BCUT2D eigenvalue weighted by Gasteiger charge is -2.11. The van der Waals surface area contributed by atoms with Crippen LogP contribution in [0.25, 0.3) is 0 Å². The van der Waals surface area contributed by atoms with E-state index in [1.807, 2.05) is 0 Å². The number of carboxylic acids is 1. The number of pyridine rings is 1. The third-order valence-electron chi connectivity index (χ3n) is 2.40. The standard InChI is InChI=1S/C12H16N4O4/c1-16(2)10(17)7-15-12(20)14-6-8-3-4-9(11(18)19)13-5-8/h3-5H,6-7H2,1-2H3,(H,18,19)(H2,14,15,20). The van der Waals surface area contributed by atoms with Crippen LogP contribution in [0, 0.1) is 0 Å². The number of likely N-dealkylation sites (N-methyl/N-ethyl adjacent to an activating group) is 1. The van der Waals surface area contributed by atoms with Gasteiger partial charge in [-0.2, -0.15) is 0 Å². The van der Waals surface area contributed by atoms with Crippen LogP contribution in [0.4, 0.5) is 4.79 Å². The number of hydrogen-bond acceptors (Lipinski definition) is 4. The molecule has 1 heterocycles. The van der Waals surface area contributed by atoms with Gasteiger partial charge in [-0.1, -0.05) is 6.07 Å². The fourth-order valence-corrected chi connectivity index (χ4v) is 1.21. The number of rotatable bonds is 5. The van der Waals surface area contributed by atoms with E-state index in [1.165, 1.54) is 17.2 Å². The lowest BCUT2D eigenvalue weighted by atomic mass is 10.2. The van der Waals surface area contributed by atoms with Crippen molar-refractivity contribution in [2.24, 2.45) is 0 Å². The topological polar surface area (TPSA) is 112 Å². The zero-order valence-corrected chi connectivity index (χ0v) is 11.2. The van der Waals surface area contributed by atoms with Crippen LogP contribution in [0.15, 0.2) is 18.3 Å². The van der Waals surface area contributed by atoms with Crippen molar-refractivity contribution in [2.75, 3.05) is 20.6 Å². The minimum Gasteiger partial charge on any atom is -0.477 e. The third kappa shape index (κ3) is 4.92. The molecule has 1 rings (SSSR count). The van der Waals surface area contributed by atoms with Crippen molar-refractivity contribution >= 4 is 17.9 Å². The van der Waals surface area contributed by atoms with E-state index in [1.54, 1.807) is 20.2 Å². The summed E-state index contributed by atoms with van der Waals surface area (Å²) in [7, 11) is 3.19. The van der Waals surface area contributed by atoms with Crippen LogP contribution in [0.1, 0.15) is 16.1 Å². The Morgan fingerprint density at radius 1 is 1.25 bits per heavy atom. The van der Waals surface area contributed by atoms with Gasteiger partial charge in [0, 0.05) is 26.8 Å². The highest BCUT2D eigenvalue weighted by atomic mass is 16.4. The van der Waals surface area contributed by atoms with Gasteiger partial charge in [-0.05, 0) is 11.6 Å². The molecule has 0 aliphatic heterocycles. The number of aromatic nitrogens is 1. The molecular formula is C12H16N4O4. The number of nitrogens with one attached hydrogen (secondary N) is 2. The fourth-order valence-electron chi connectivity index (χ4n) is 1.21. The number of carboxylic acid groups (broad SMARTS) is 1. The Hall–Kier alpha value is -2.64. The van der Waals surface area contributed by atoms with Gasteiger partial charge in [-0.15, -0.1) is 0 Å². The molecule has 0 atom stereocenters. The van der Waals surface area contributed by atoms with Crippen molar-refractivity contribution in [3.05, 3.63) is 29.6 Å². The van der Waals surface area contributed by atoms with Crippen LogP contribution >= 0.6 is 0 Å². The fraction of sp³-hybridized carbons (Fsp3) is 0.333. The second-order valence-electron chi connectivity index (χ2n) is 4.18. The summed E-state index contributed by atoms with van der Waals surface area (Å²) in [5.74, 6) is -1.32. The Morgan fingerprint density at radius 2 is 1.95 bits per heavy atom. The van der Waals surface area contributed by atoms with Gasteiger partial charge < -0.3 is 20.6 Å². The normalized spacial score (nSPS) is 9.70. The summed E-state index contributed by atoms with van der Waals surface area (Å²) < 4.78 is 0. The number of urea groups is 1. The Bertz CT molecular complexity index is 499. The number of amides is 3. The van der Waals surface area contributed by atoms with E-state index in [4.69, 9.17) is 5.11 Å². The molecular weight excluding hydrogens is 264 g/mol. The number of carbonyl (C=O) groups is 3. The average molecular weight is 280 g/mol. The molecule has 3 amide bonds. The molecule has 1 aromatic heterocycles. The zero-order chi connectivity index (χ0) is 15.1. The van der Waals surface area contributed by atoms with Crippen LogP contribution in [0.3, 0.4) is 0 Å². The predicted molar refractivity (Wildman–Crippen MR) is 70.1 cm³/mol. The molecule has 0 radical (unpaired) electrons. The largest absolute Gasteiger partial charge is 0.477 e. The van der Waals surface area contributed by atoms with Gasteiger partial charge in [0.15, 0.2) is 0 Å². The molecule has 0 bridgehead atoms. The molecule has 0 spiro atoms. The molecule has 0 saturated heterocycles. The van der Waals surface area contributed by atoms with Gasteiger partial charge in [0.1, 0.15) is 5.69 Å². The second-order valence-corrected chi connectivity index (χ2v) is 4.18. The van der Waals surface area contributed by atoms with E-state index in [-0.39, 0.29) is 24.7 Å². The third-order valence-corrected chi connectivity index (χ3v) is 2.40. The van der Waals surface area contributed by atoms with E-state index >= 15 is 0 Å². The van der Waals surface area contributed by atoms with Crippen molar-refractivity contribution < 1.29 is 19.5 Å². The molecule has 0 saturated carbocycles. The van der Waals surface area contributed by atoms with Crippen molar-refractivity contribution in [1.82, 2.24) is 20.5 Å². The van der Waals surface area contributed by atoms with E-state index in [0.717, 1.165) is 0 Å². The van der Waals surface area contributed by atoms with Crippen molar-refractivity contribution in [2.45, 2.75) is 6.54 Å². The van der Waals surface area contributed by atoms with Crippen LogP contribution < -0.4 is 10.6 Å². The summed E-state index contributed by atoms with van der Waals surface area (Å²) in [6, 6.07) is 2.43. The number of carbonyl (C=O) groups excluding carboxylic acids is 2. The van der Waals surface area contributed by atoms with E-state index < -0.39 is 12.0 Å². The van der Waals surface area contributed by atoms with Crippen molar-refractivity contribution in [3.63, 3.8) is 0 Å². The van der Waals surface area contributed by atoms with Crippen LogP contribution in [0.5, 0.6) is 0 Å². The van der Waals surface area contributed by atoms with Crippen LogP contribution in [-0.4, -0.2) is 53.5 Å². The molecule has 0 unspecified atom stereocenters. The van der Waals surface area contributed by atoms with Crippen LogP contribution in [0.2, 0.25) is 0 Å².